The maximum atomic E-state index is 10.1. The maximum absolute atomic E-state index is 10.1. The van der Waals surface area contributed by atoms with Crippen molar-refractivity contribution in [3.8, 4) is 39.6 Å². The standard InChI is InChI=1S/C19H18ClN3O3/c20-16-9-14(17(24)10-18(16)25)19-15(11-22-23-19)12-3-5-13(6-4-12)26-8-2-1-7-21/h3-7,9-11,21,24-25H,1-2,8H2,(H,22,23). The predicted molar refractivity (Wildman–Crippen MR) is 101 cm³/mol. The molecule has 0 saturated carbocycles. The molecule has 3 rings (SSSR count). The lowest BCUT2D eigenvalue weighted by molar-refractivity contribution is 0.314. The Balaban J connectivity index is 1.85. The van der Waals surface area contributed by atoms with E-state index < -0.39 is 0 Å². The van der Waals surface area contributed by atoms with Gasteiger partial charge < -0.3 is 20.4 Å². The highest BCUT2D eigenvalue weighted by molar-refractivity contribution is 6.32. The Hall–Kier alpha value is -2.99. The summed E-state index contributed by atoms with van der Waals surface area (Å²) in [4.78, 5) is 0. The van der Waals surface area contributed by atoms with Gasteiger partial charge >= 0.3 is 0 Å². The minimum atomic E-state index is -0.182. The van der Waals surface area contributed by atoms with Gasteiger partial charge in [-0.25, -0.2) is 0 Å². The average molecular weight is 372 g/mol. The number of benzene rings is 2. The van der Waals surface area contributed by atoms with Gasteiger partial charge in [-0.05, 0) is 42.8 Å². The lowest BCUT2D eigenvalue weighted by atomic mass is 10.0. The second-order valence-corrected chi connectivity index (χ2v) is 6.11. The zero-order valence-corrected chi connectivity index (χ0v) is 14.6. The molecule has 0 radical (unpaired) electrons. The van der Waals surface area contributed by atoms with Gasteiger partial charge in [-0.15, -0.1) is 0 Å². The molecule has 0 unspecified atom stereocenters. The molecule has 6 nitrogen and oxygen atoms in total. The molecule has 3 aromatic rings. The summed E-state index contributed by atoms with van der Waals surface area (Å²) in [7, 11) is 0. The first kappa shape index (κ1) is 17.8. The summed E-state index contributed by atoms with van der Waals surface area (Å²) in [5, 5.41) is 33.8. The molecule has 26 heavy (non-hydrogen) atoms. The molecule has 0 aliphatic heterocycles. The minimum absolute atomic E-state index is 0.0939. The molecule has 0 bridgehead atoms. The molecule has 1 aromatic heterocycles. The SMILES string of the molecule is N=CCCCOc1ccc(-c2cn[nH]c2-c2cc(Cl)c(O)cc2O)cc1. The summed E-state index contributed by atoms with van der Waals surface area (Å²) in [5.41, 5.74) is 2.73. The summed E-state index contributed by atoms with van der Waals surface area (Å²) < 4.78 is 5.63. The van der Waals surface area contributed by atoms with Gasteiger partial charge in [-0.2, -0.15) is 5.10 Å². The topological polar surface area (TPSA) is 102 Å². The van der Waals surface area contributed by atoms with Crippen molar-refractivity contribution in [3.05, 3.63) is 47.6 Å². The number of nitrogens with one attached hydrogen (secondary N) is 2. The highest BCUT2D eigenvalue weighted by atomic mass is 35.5. The number of H-pyrrole nitrogens is 1. The predicted octanol–water partition coefficient (Wildman–Crippen LogP) is 4.62. The van der Waals surface area contributed by atoms with E-state index in [-0.39, 0.29) is 16.5 Å². The van der Waals surface area contributed by atoms with Gasteiger partial charge in [0.2, 0.25) is 0 Å². The van der Waals surface area contributed by atoms with Crippen LogP contribution < -0.4 is 4.74 Å². The third kappa shape index (κ3) is 3.81. The van der Waals surface area contributed by atoms with Crippen molar-refractivity contribution in [1.29, 1.82) is 5.41 Å². The van der Waals surface area contributed by atoms with E-state index in [4.69, 9.17) is 21.7 Å². The van der Waals surface area contributed by atoms with Crippen LogP contribution in [0.3, 0.4) is 0 Å². The van der Waals surface area contributed by atoms with Crippen LogP contribution in [0.15, 0.2) is 42.6 Å². The van der Waals surface area contributed by atoms with Crippen LogP contribution in [-0.4, -0.2) is 33.2 Å². The molecule has 0 spiro atoms. The van der Waals surface area contributed by atoms with Crippen LogP contribution in [0, 0.1) is 5.41 Å². The Morgan fingerprint density at radius 1 is 1.12 bits per heavy atom. The van der Waals surface area contributed by atoms with E-state index in [0.29, 0.717) is 24.3 Å². The number of aromatic nitrogens is 2. The number of hydrogen-bond acceptors (Lipinski definition) is 5. The van der Waals surface area contributed by atoms with E-state index in [2.05, 4.69) is 10.2 Å². The van der Waals surface area contributed by atoms with Crippen LogP contribution in [0.5, 0.6) is 17.2 Å². The summed E-state index contributed by atoms with van der Waals surface area (Å²) in [6.07, 6.45) is 4.54. The third-order valence-corrected chi connectivity index (χ3v) is 4.20. The highest BCUT2D eigenvalue weighted by Crippen LogP contribution is 2.40. The molecule has 0 aliphatic carbocycles. The minimum Gasteiger partial charge on any atom is -0.507 e. The maximum Gasteiger partial charge on any atom is 0.137 e. The number of phenolic OH excluding ortho intramolecular Hbond substituents is 2. The Morgan fingerprint density at radius 3 is 2.62 bits per heavy atom. The van der Waals surface area contributed by atoms with Crippen molar-refractivity contribution in [2.45, 2.75) is 12.8 Å². The molecule has 2 aromatic carbocycles. The number of hydrogen-bond donors (Lipinski definition) is 4. The Kier molecular flexibility index (Phi) is 5.43. The smallest absolute Gasteiger partial charge is 0.137 e. The zero-order valence-electron chi connectivity index (χ0n) is 13.9. The molecule has 0 saturated heterocycles. The Bertz CT molecular complexity index is 907. The number of nitrogens with zero attached hydrogens (tertiary/aromatic N) is 1. The first-order chi connectivity index (χ1) is 12.6. The number of unbranched alkanes of at least 4 members (excludes halogenated alkanes) is 1. The fourth-order valence-electron chi connectivity index (χ4n) is 2.57. The molecular formula is C19H18ClN3O3. The number of aromatic amines is 1. The normalized spacial score (nSPS) is 10.7. The van der Waals surface area contributed by atoms with Crippen molar-refractivity contribution in [2.75, 3.05) is 6.61 Å². The van der Waals surface area contributed by atoms with Gasteiger partial charge in [0.15, 0.2) is 0 Å². The van der Waals surface area contributed by atoms with E-state index >= 15 is 0 Å². The van der Waals surface area contributed by atoms with Crippen molar-refractivity contribution in [2.24, 2.45) is 0 Å². The second-order valence-electron chi connectivity index (χ2n) is 5.70. The van der Waals surface area contributed by atoms with E-state index in [9.17, 15) is 10.2 Å². The average Bonchev–Trinajstić information content (AvgIpc) is 3.12. The van der Waals surface area contributed by atoms with Crippen molar-refractivity contribution < 1.29 is 14.9 Å². The second kappa shape index (κ2) is 7.93. The van der Waals surface area contributed by atoms with Crippen LogP contribution >= 0.6 is 11.6 Å². The zero-order chi connectivity index (χ0) is 18.5. The summed E-state index contributed by atoms with van der Waals surface area (Å²) in [6.45, 7) is 0.561. The molecule has 0 amide bonds. The monoisotopic (exact) mass is 371 g/mol. The van der Waals surface area contributed by atoms with Crippen molar-refractivity contribution in [3.63, 3.8) is 0 Å². The van der Waals surface area contributed by atoms with Gasteiger partial charge in [-0.3, -0.25) is 5.10 Å². The number of phenols is 2. The molecule has 7 heteroatoms. The third-order valence-electron chi connectivity index (χ3n) is 3.90. The molecule has 0 atom stereocenters. The number of rotatable bonds is 7. The van der Waals surface area contributed by atoms with E-state index in [1.165, 1.54) is 18.3 Å². The number of ether oxygens (including phenoxy) is 1. The van der Waals surface area contributed by atoms with Gasteiger partial charge in [0, 0.05) is 17.2 Å². The lowest BCUT2D eigenvalue weighted by Crippen LogP contribution is -1.97. The highest BCUT2D eigenvalue weighted by Gasteiger charge is 2.16. The Labute approximate surface area is 155 Å². The first-order valence-electron chi connectivity index (χ1n) is 8.07. The van der Waals surface area contributed by atoms with Crippen LogP contribution in [-0.2, 0) is 0 Å². The molecule has 0 aliphatic rings. The van der Waals surface area contributed by atoms with Crippen molar-refractivity contribution in [1.82, 2.24) is 10.2 Å². The van der Waals surface area contributed by atoms with Crippen LogP contribution in [0.2, 0.25) is 5.02 Å². The molecule has 1 heterocycles. The fraction of sp³-hybridized carbons (Fsp3) is 0.158. The van der Waals surface area contributed by atoms with E-state index in [1.54, 1.807) is 6.20 Å². The van der Waals surface area contributed by atoms with Gasteiger partial charge in [0.25, 0.3) is 0 Å². The van der Waals surface area contributed by atoms with Gasteiger partial charge in [0.05, 0.1) is 23.5 Å². The first-order valence-corrected chi connectivity index (χ1v) is 8.45. The van der Waals surface area contributed by atoms with Gasteiger partial charge in [-0.1, -0.05) is 23.7 Å². The van der Waals surface area contributed by atoms with E-state index in [1.807, 2.05) is 24.3 Å². The summed E-state index contributed by atoms with van der Waals surface area (Å²) in [5.74, 6) is 0.473. The molecule has 0 fully saturated rings. The Morgan fingerprint density at radius 2 is 1.88 bits per heavy atom. The van der Waals surface area contributed by atoms with E-state index in [0.717, 1.165) is 23.3 Å². The van der Waals surface area contributed by atoms with Crippen LogP contribution in [0.25, 0.3) is 22.4 Å². The fourth-order valence-corrected chi connectivity index (χ4v) is 2.73. The molecule has 134 valence electrons. The van der Waals surface area contributed by atoms with Crippen LogP contribution in [0.4, 0.5) is 0 Å². The molecule has 4 N–H and O–H groups in total. The van der Waals surface area contributed by atoms with Crippen LogP contribution in [0.1, 0.15) is 12.8 Å². The quantitative estimate of drug-likeness (QED) is 0.359. The largest absolute Gasteiger partial charge is 0.507 e. The van der Waals surface area contributed by atoms with Gasteiger partial charge in [0.1, 0.15) is 17.2 Å². The summed E-state index contributed by atoms with van der Waals surface area (Å²) >= 11 is 5.97. The lowest BCUT2D eigenvalue weighted by Gasteiger charge is -2.09. The molecular weight excluding hydrogens is 354 g/mol. The number of halogens is 1. The number of aromatic hydroxyl groups is 2. The summed E-state index contributed by atoms with van der Waals surface area (Å²) in [6, 6.07) is 10.2. The van der Waals surface area contributed by atoms with Crippen molar-refractivity contribution >= 4 is 17.8 Å².